The highest BCUT2D eigenvalue weighted by Gasteiger charge is 2.06. The van der Waals surface area contributed by atoms with Crippen molar-refractivity contribution in [3.8, 4) is 0 Å². The maximum atomic E-state index is 11.8. The molecule has 1 aromatic heterocycles. The lowest BCUT2D eigenvalue weighted by Gasteiger charge is -2.08. The van der Waals surface area contributed by atoms with Crippen molar-refractivity contribution in [3.05, 3.63) is 51.9 Å². The number of carbonyl (C=O) groups is 1. The van der Waals surface area contributed by atoms with Crippen molar-refractivity contribution in [1.82, 2.24) is 9.78 Å². The van der Waals surface area contributed by atoms with Gasteiger partial charge in [0.25, 0.3) is 5.56 Å². The van der Waals surface area contributed by atoms with Crippen molar-refractivity contribution in [1.29, 1.82) is 0 Å². The molecule has 0 radical (unpaired) electrons. The molecule has 0 aliphatic heterocycles. The van der Waals surface area contributed by atoms with E-state index >= 15 is 0 Å². The van der Waals surface area contributed by atoms with Crippen LogP contribution in [-0.4, -0.2) is 15.7 Å². The maximum Gasteiger partial charge on any atom is 0.266 e. The number of benzene rings is 1. The predicted octanol–water partition coefficient (Wildman–Crippen LogP) is 1.90. The Morgan fingerprint density at radius 2 is 2.19 bits per heavy atom. The third-order valence-corrected chi connectivity index (χ3v) is 3.08. The third kappa shape index (κ3) is 4.32. The first-order valence-electron chi connectivity index (χ1n) is 6.43. The van der Waals surface area contributed by atoms with Crippen molar-refractivity contribution in [2.75, 3.05) is 11.1 Å². The molecule has 0 aliphatic carbocycles. The molecule has 3 N–H and O–H groups in total. The number of anilines is 2. The predicted molar refractivity (Wildman–Crippen MR) is 82.2 cm³/mol. The molecule has 1 amide bonds. The fourth-order valence-electron chi connectivity index (χ4n) is 1.79. The molecule has 110 valence electrons. The number of aryl methyl sites for hydroxylation is 1. The molecule has 7 heteroatoms. The third-order valence-electron chi connectivity index (χ3n) is 2.85. The molecule has 2 rings (SSSR count). The summed E-state index contributed by atoms with van der Waals surface area (Å²) >= 11 is 5.85. The van der Waals surface area contributed by atoms with Crippen LogP contribution in [0.15, 0.2) is 41.3 Å². The Morgan fingerprint density at radius 1 is 1.38 bits per heavy atom. The van der Waals surface area contributed by atoms with E-state index < -0.39 is 0 Å². The van der Waals surface area contributed by atoms with Gasteiger partial charge in [0, 0.05) is 30.3 Å². The zero-order chi connectivity index (χ0) is 15.2. The number of hydrogen-bond donors (Lipinski definition) is 2. The van der Waals surface area contributed by atoms with Gasteiger partial charge >= 0.3 is 0 Å². The smallest absolute Gasteiger partial charge is 0.266 e. The van der Waals surface area contributed by atoms with E-state index in [1.165, 1.54) is 16.9 Å². The highest BCUT2D eigenvalue weighted by Crippen LogP contribution is 2.23. The van der Waals surface area contributed by atoms with Crippen LogP contribution in [0.1, 0.15) is 12.8 Å². The van der Waals surface area contributed by atoms with Crippen LogP contribution in [0.2, 0.25) is 5.02 Å². The molecule has 0 fully saturated rings. The van der Waals surface area contributed by atoms with Gasteiger partial charge in [-0.1, -0.05) is 11.6 Å². The number of aromatic nitrogens is 2. The normalized spacial score (nSPS) is 10.3. The molecule has 2 aromatic rings. The molecule has 1 aromatic carbocycles. The van der Waals surface area contributed by atoms with Gasteiger partial charge in [-0.2, -0.15) is 5.10 Å². The van der Waals surface area contributed by atoms with Crippen LogP contribution in [0.5, 0.6) is 0 Å². The van der Waals surface area contributed by atoms with Gasteiger partial charge in [-0.25, -0.2) is 4.68 Å². The van der Waals surface area contributed by atoms with Gasteiger partial charge in [0.2, 0.25) is 5.91 Å². The monoisotopic (exact) mass is 306 g/mol. The van der Waals surface area contributed by atoms with Crippen molar-refractivity contribution in [2.45, 2.75) is 19.4 Å². The Hall–Kier alpha value is -2.34. The second-order valence-corrected chi connectivity index (χ2v) is 4.90. The van der Waals surface area contributed by atoms with Crippen LogP contribution in [0.4, 0.5) is 11.4 Å². The first-order valence-corrected chi connectivity index (χ1v) is 6.81. The van der Waals surface area contributed by atoms with E-state index in [1.54, 1.807) is 24.3 Å². The summed E-state index contributed by atoms with van der Waals surface area (Å²) in [6, 6.07) is 7.89. The first kappa shape index (κ1) is 15.1. The summed E-state index contributed by atoms with van der Waals surface area (Å²) in [7, 11) is 0. The van der Waals surface area contributed by atoms with Crippen molar-refractivity contribution in [2.24, 2.45) is 0 Å². The number of nitrogens with zero attached hydrogens (tertiary/aromatic N) is 2. The molecule has 0 saturated heterocycles. The van der Waals surface area contributed by atoms with E-state index in [0.29, 0.717) is 29.4 Å². The molecule has 0 unspecified atom stereocenters. The van der Waals surface area contributed by atoms with Crippen LogP contribution in [0, 0.1) is 0 Å². The minimum atomic E-state index is -0.187. The van der Waals surface area contributed by atoms with Gasteiger partial charge in [-0.3, -0.25) is 9.59 Å². The van der Waals surface area contributed by atoms with Crippen LogP contribution in [0.3, 0.4) is 0 Å². The highest BCUT2D eigenvalue weighted by atomic mass is 35.5. The van der Waals surface area contributed by atoms with Crippen molar-refractivity contribution in [3.63, 3.8) is 0 Å². The fourth-order valence-corrected chi connectivity index (χ4v) is 1.97. The lowest BCUT2D eigenvalue weighted by atomic mass is 10.2. The Bertz CT molecular complexity index is 699. The van der Waals surface area contributed by atoms with Crippen LogP contribution >= 0.6 is 11.6 Å². The van der Waals surface area contributed by atoms with E-state index in [-0.39, 0.29) is 17.9 Å². The Morgan fingerprint density at radius 3 is 2.95 bits per heavy atom. The summed E-state index contributed by atoms with van der Waals surface area (Å²) in [5.74, 6) is -0.187. The van der Waals surface area contributed by atoms with E-state index in [4.69, 9.17) is 17.3 Å². The second-order valence-electron chi connectivity index (χ2n) is 4.47. The number of nitrogen functional groups attached to an aromatic ring is 1. The van der Waals surface area contributed by atoms with E-state index in [0.717, 1.165) is 0 Å². The van der Waals surface area contributed by atoms with E-state index in [9.17, 15) is 9.59 Å². The summed E-state index contributed by atoms with van der Waals surface area (Å²) < 4.78 is 1.32. The minimum Gasteiger partial charge on any atom is -0.397 e. The number of carbonyl (C=O) groups excluding carboxylic acids is 1. The van der Waals surface area contributed by atoms with Crippen molar-refractivity contribution < 1.29 is 4.79 Å². The van der Waals surface area contributed by atoms with Gasteiger partial charge in [-0.15, -0.1) is 0 Å². The molecule has 21 heavy (non-hydrogen) atoms. The van der Waals surface area contributed by atoms with Crippen molar-refractivity contribution >= 4 is 28.9 Å². The molecular formula is C14H15ClN4O2. The summed E-state index contributed by atoms with van der Waals surface area (Å²) in [6.45, 7) is 0.387. The number of amides is 1. The standard InChI is InChI=1S/C14H15ClN4O2/c15-10-5-6-11(16)12(9-10)18-13(20)3-2-8-19-14(21)4-1-7-17-19/h1,4-7,9H,2-3,8,16H2,(H,18,20). The lowest BCUT2D eigenvalue weighted by molar-refractivity contribution is -0.116. The molecular weight excluding hydrogens is 292 g/mol. The lowest BCUT2D eigenvalue weighted by Crippen LogP contribution is -2.22. The SMILES string of the molecule is Nc1ccc(Cl)cc1NC(=O)CCCn1ncccc1=O. The molecule has 1 heterocycles. The highest BCUT2D eigenvalue weighted by molar-refractivity contribution is 6.31. The second kappa shape index (κ2) is 6.90. The molecule has 6 nitrogen and oxygen atoms in total. The number of halogens is 1. The fraction of sp³-hybridized carbons (Fsp3) is 0.214. The Balaban J connectivity index is 1.87. The van der Waals surface area contributed by atoms with Gasteiger partial charge in [0.15, 0.2) is 0 Å². The molecule has 0 bridgehead atoms. The zero-order valence-corrected chi connectivity index (χ0v) is 12.0. The largest absolute Gasteiger partial charge is 0.397 e. The zero-order valence-electron chi connectivity index (χ0n) is 11.3. The van der Waals surface area contributed by atoms with Crippen LogP contribution in [0.25, 0.3) is 0 Å². The maximum absolute atomic E-state index is 11.8. The summed E-state index contributed by atoms with van der Waals surface area (Å²) in [6.07, 6.45) is 2.30. The van der Waals surface area contributed by atoms with Gasteiger partial charge in [0.05, 0.1) is 11.4 Å². The average molecular weight is 307 g/mol. The summed E-state index contributed by atoms with van der Waals surface area (Å²) in [5, 5.41) is 7.12. The molecule has 0 aliphatic rings. The quantitative estimate of drug-likeness (QED) is 0.826. The molecule has 0 atom stereocenters. The number of nitrogens with two attached hydrogens (primary N) is 1. The van der Waals surface area contributed by atoms with Crippen LogP contribution in [-0.2, 0) is 11.3 Å². The van der Waals surface area contributed by atoms with Gasteiger partial charge < -0.3 is 11.1 Å². The number of nitrogens with one attached hydrogen (secondary N) is 1. The summed E-state index contributed by atoms with van der Waals surface area (Å²) in [4.78, 5) is 23.3. The first-order chi connectivity index (χ1) is 10.1. The summed E-state index contributed by atoms with van der Waals surface area (Å²) in [5.41, 5.74) is 6.51. The molecule has 0 spiro atoms. The van der Waals surface area contributed by atoms with E-state index in [1.807, 2.05) is 0 Å². The van der Waals surface area contributed by atoms with Gasteiger partial charge in [-0.05, 0) is 30.7 Å². The topological polar surface area (TPSA) is 90.0 Å². The minimum absolute atomic E-state index is 0.183. The molecule has 0 saturated carbocycles. The van der Waals surface area contributed by atoms with Crippen LogP contribution < -0.4 is 16.6 Å². The van der Waals surface area contributed by atoms with E-state index in [2.05, 4.69) is 10.4 Å². The Kier molecular flexibility index (Phi) is 4.94. The Labute approximate surface area is 126 Å². The average Bonchev–Trinajstić information content (AvgIpc) is 2.45. The van der Waals surface area contributed by atoms with Gasteiger partial charge in [0.1, 0.15) is 0 Å². The number of hydrogen-bond acceptors (Lipinski definition) is 4. The number of rotatable bonds is 5.